The van der Waals surface area contributed by atoms with Crippen LogP contribution in [0.1, 0.15) is 16.2 Å². The predicted octanol–water partition coefficient (Wildman–Crippen LogP) is 2.56. The van der Waals surface area contributed by atoms with Crippen LogP contribution in [0.2, 0.25) is 0 Å². The lowest BCUT2D eigenvalue weighted by molar-refractivity contribution is 0.419. The molecular formula is C15H14N2O4S2. The highest BCUT2D eigenvalue weighted by atomic mass is 32.2. The van der Waals surface area contributed by atoms with Crippen LogP contribution in [-0.2, 0) is 12.8 Å². The average Bonchev–Trinajstić information content (AvgIpc) is 2.80. The molecule has 0 amide bonds. The van der Waals surface area contributed by atoms with Crippen LogP contribution < -0.4 is 11.0 Å². The van der Waals surface area contributed by atoms with Gasteiger partial charge in [-0.3, -0.25) is 14.2 Å². The maximum absolute atomic E-state index is 12.5. The summed E-state index contributed by atoms with van der Waals surface area (Å²) in [7, 11) is 1.68. The zero-order valence-corrected chi connectivity index (χ0v) is 14.4. The molecule has 3 rings (SSSR count). The van der Waals surface area contributed by atoms with E-state index in [2.05, 4.69) is 4.98 Å². The highest BCUT2D eigenvalue weighted by Crippen LogP contribution is 2.28. The molecule has 3 aromatic rings. The normalized spacial score (nSPS) is 11.3. The standard InChI is InChI=1S/C15H14N2O4S2/c1-7-8(2)23-13-12(7)14(20)17(3)15(16-13)22-6-9-4-10(18)11(19)5-21-9/h4-5,19H,6H2,1-3H3. The number of hydrogen-bond donors (Lipinski definition) is 1. The zero-order valence-electron chi connectivity index (χ0n) is 12.7. The van der Waals surface area contributed by atoms with Crippen LogP contribution in [-0.4, -0.2) is 14.7 Å². The molecule has 0 spiro atoms. The zero-order chi connectivity index (χ0) is 16.7. The summed E-state index contributed by atoms with van der Waals surface area (Å²) < 4.78 is 6.66. The van der Waals surface area contributed by atoms with Gasteiger partial charge in [0.1, 0.15) is 16.9 Å². The van der Waals surface area contributed by atoms with Gasteiger partial charge < -0.3 is 9.52 Å². The third-order valence-corrected chi connectivity index (χ3v) is 5.73. The second-order valence-electron chi connectivity index (χ2n) is 5.11. The van der Waals surface area contributed by atoms with Crippen molar-refractivity contribution >= 4 is 33.3 Å². The third-order valence-electron chi connectivity index (χ3n) is 3.58. The number of nitrogens with zero attached hydrogens (tertiary/aromatic N) is 2. The fraction of sp³-hybridized carbons (Fsp3) is 0.267. The molecule has 120 valence electrons. The predicted molar refractivity (Wildman–Crippen MR) is 90.5 cm³/mol. The molecule has 0 fully saturated rings. The summed E-state index contributed by atoms with van der Waals surface area (Å²) >= 11 is 2.80. The van der Waals surface area contributed by atoms with Gasteiger partial charge in [-0.15, -0.1) is 11.3 Å². The molecule has 0 aliphatic carbocycles. The van der Waals surface area contributed by atoms with Crippen molar-refractivity contribution in [1.29, 1.82) is 0 Å². The number of aromatic hydroxyl groups is 1. The van der Waals surface area contributed by atoms with Gasteiger partial charge in [0.15, 0.2) is 10.9 Å². The smallest absolute Gasteiger partial charge is 0.262 e. The summed E-state index contributed by atoms with van der Waals surface area (Å²) in [5.41, 5.74) is 0.402. The molecule has 8 heteroatoms. The molecule has 0 aliphatic heterocycles. The van der Waals surface area contributed by atoms with E-state index in [0.29, 0.717) is 22.1 Å². The van der Waals surface area contributed by atoms with Crippen molar-refractivity contribution < 1.29 is 9.52 Å². The lowest BCUT2D eigenvalue weighted by atomic mass is 10.2. The Morgan fingerprint density at radius 2 is 2.13 bits per heavy atom. The number of aromatic nitrogens is 2. The van der Waals surface area contributed by atoms with E-state index in [1.165, 1.54) is 33.7 Å². The maximum Gasteiger partial charge on any atom is 0.262 e. The molecule has 0 saturated carbocycles. The summed E-state index contributed by atoms with van der Waals surface area (Å²) in [6, 6.07) is 1.23. The molecule has 0 radical (unpaired) electrons. The first-order valence-electron chi connectivity index (χ1n) is 6.78. The fourth-order valence-electron chi connectivity index (χ4n) is 2.14. The second-order valence-corrected chi connectivity index (χ2v) is 7.25. The maximum atomic E-state index is 12.5. The topological polar surface area (TPSA) is 85.3 Å². The Bertz CT molecular complexity index is 1020. The summed E-state index contributed by atoms with van der Waals surface area (Å²) in [4.78, 5) is 30.2. The van der Waals surface area contributed by atoms with Gasteiger partial charge in [-0.1, -0.05) is 11.8 Å². The molecule has 0 aromatic carbocycles. The van der Waals surface area contributed by atoms with Gasteiger partial charge in [-0.25, -0.2) is 4.98 Å². The van der Waals surface area contributed by atoms with E-state index < -0.39 is 11.2 Å². The van der Waals surface area contributed by atoms with Gasteiger partial charge in [0.2, 0.25) is 5.43 Å². The lowest BCUT2D eigenvalue weighted by Crippen LogP contribution is -2.19. The van der Waals surface area contributed by atoms with E-state index in [4.69, 9.17) is 4.42 Å². The summed E-state index contributed by atoms with van der Waals surface area (Å²) in [6.45, 7) is 3.90. The SMILES string of the molecule is Cc1sc2nc(SCc3cc(=O)c(O)co3)n(C)c(=O)c2c1C. The molecule has 0 atom stereocenters. The number of aryl methyl sites for hydroxylation is 2. The van der Waals surface area contributed by atoms with Crippen LogP contribution in [0.4, 0.5) is 0 Å². The van der Waals surface area contributed by atoms with Gasteiger partial charge in [0, 0.05) is 18.0 Å². The lowest BCUT2D eigenvalue weighted by Gasteiger charge is -2.07. The van der Waals surface area contributed by atoms with Crippen molar-refractivity contribution in [3.63, 3.8) is 0 Å². The van der Waals surface area contributed by atoms with Gasteiger partial charge in [0.25, 0.3) is 5.56 Å². The van der Waals surface area contributed by atoms with Crippen molar-refractivity contribution in [3.8, 4) is 5.75 Å². The Hall–Kier alpha value is -2.06. The minimum atomic E-state index is -0.492. The van der Waals surface area contributed by atoms with Crippen molar-refractivity contribution in [1.82, 2.24) is 9.55 Å². The summed E-state index contributed by atoms with van der Waals surface area (Å²) in [5.74, 6) is 0.325. The Labute approximate surface area is 139 Å². The Balaban J connectivity index is 1.97. The quantitative estimate of drug-likeness (QED) is 0.577. The molecule has 0 saturated heterocycles. The van der Waals surface area contributed by atoms with Crippen LogP contribution in [0, 0.1) is 13.8 Å². The average molecular weight is 350 g/mol. The Morgan fingerprint density at radius 1 is 1.39 bits per heavy atom. The molecule has 3 aromatic heterocycles. The van der Waals surface area contributed by atoms with E-state index in [-0.39, 0.29) is 5.56 Å². The second kappa shape index (κ2) is 5.86. The highest BCUT2D eigenvalue weighted by molar-refractivity contribution is 7.98. The Kier molecular flexibility index (Phi) is 4.03. The van der Waals surface area contributed by atoms with Crippen LogP contribution >= 0.6 is 23.1 Å². The van der Waals surface area contributed by atoms with Crippen molar-refractivity contribution in [2.45, 2.75) is 24.8 Å². The number of rotatable bonds is 3. The molecule has 3 heterocycles. The molecule has 0 unspecified atom stereocenters. The van der Waals surface area contributed by atoms with Crippen molar-refractivity contribution in [2.24, 2.45) is 7.05 Å². The Morgan fingerprint density at radius 3 is 2.83 bits per heavy atom. The van der Waals surface area contributed by atoms with Crippen molar-refractivity contribution in [3.05, 3.63) is 49.1 Å². The minimum Gasteiger partial charge on any atom is -0.502 e. The molecule has 6 nitrogen and oxygen atoms in total. The first-order chi connectivity index (χ1) is 10.9. The van der Waals surface area contributed by atoms with Gasteiger partial charge >= 0.3 is 0 Å². The van der Waals surface area contributed by atoms with Crippen LogP contribution in [0.3, 0.4) is 0 Å². The molecule has 0 bridgehead atoms. The van der Waals surface area contributed by atoms with Crippen LogP contribution in [0.5, 0.6) is 5.75 Å². The molecular weight excluding hydrogens is 336 g/mol. The molecule has 0 aliphatic rings. The largest absolute Gasteiger partial charge is 0.502 e. The molecule has 23 heavy (non-hydrogen) atoms. The van der Waals surface area contributed by atoms with E-state index in [9.17, 15) is 14.7 Å². The van der Waals surface area contributed by atoms with Gasteiger partial charge in [-0.2, -0.15) is 0 Å². The van der Waals surface area contributed by atoms with E-state index in [1.807, 2.05) is 13.8 Å². The fourth-order valence-corrected chi connectivity index (χ4v) is 4.07. The highest BCUT2D eigenvalue weighted by Gasteiger charge is 2.15. The van der Waals surface area contributed by atoms with Crippen LogP contribution in [0.25, 0.3) is 10.2 Å². The third kappa shape index (κ3) is 2.79. The minimum absolute atomic E-state index is 0.0773. The van der Waals surface area contributed by atoms with Gasteiger partial charge in [-0.05, 0) is 19.4 Å². The van der Waals surface area contributed by atoms with E-state index in [1.54, 1.807) is 7.05 Å². The van der Waals surface area contributed by atoms with E-state index in [0.717, 1.165) is 21.5 Å². The number of thiophene rings is 1. The first-order valence-corrected chi connectivity index (χ1v) is 8.59. The molecule has 1 N–H and O–H groups in total. The first kappa shape index (κ1) is 15.8. The summed E-state index contributed by atoms with van der Waals surface area (Å²) in [5, 5.41) is 10.4. The van der Waals surface area contributed by atoms with Crippen LogP contribution in [0.15, 0.2) is 31.5 Å². The number of hydrogen-bond acceptors (Lipinski definition) is 7. The monoisotopic (exact) mass is 350 g/mol. The van der Waals surface area contributed by atoms with E-state index >= 15 is 0 Å². The van der Waals surface area contributed by atoms with Gasteiger partial charge in [0.05, 0.1) is 11.1 Å². The number of fused-ring (bicyclic) bond motifs is 1. The summed E-state index contributed by atoms with van der Waals surface area (Å²) in [6.07, 6.45) is 1.01. The van der Waals surface area contributed by atoms with Crippen molar-refractivity contribution in [2.75, 3.05) is 0 Å². The number of thioether (sulfide) groups is 1.